The Morgan fingerprint density at radius 3 is 2.00 bits per heavy atom. The van der Waals surface area contributed by atoms with E-state index < -0.39 is 21.0 Å². The number of benzene rings is 3. The summed E-state index contributed by atoms with van der Waals surface area (Å²) < 4.78 is 32.7. The predicted molar refractivity (Wildman–Crippen MR) is 101 cm³/mol. The average molecular weight is 397 g/mol. The molecule has 0 spiro atoms. The zero-order valence-electron chi connectivity index (χ0n) is 14.2. The summed E-state index contributed by atoms with van der Waals surface area (Å²) in [6.07, 6.45) is 0. The Balaban J connectivity index is 1.91. The zero-order chi connectivity index (χ0) is 20.1. The molecule has 0 unspecified atom stereocenters. The van der Waals surface area contributed by atoms with E-state index in [1.807, 2.05) is 6.07 Å². The second kappa shape index (κ2) is 7.94. The molecule has 9 nitrogen and oxygen atoms in total. The second-order valence-corrected chi connectivity index (χ2v) is 6.93. The summed E-state index contributed by atoms with van der Waals surface area (Å²) in [5.74, 6) is 0. The molecule has 142 valence electrons. The van der Waals surface area contributed by atoms with Gasteiger partial charge in [0.25, 0.3) is 0 Å². The third-order valence-electron chi connectivity index (χ3n) is 3.59. The maximum Gasteiger partial charge on any atom is 0.237 e. The smallest absolute Gasteiger partial charge is 0.237 e. The van der Waals surface area contributed by atoms with Crippen LogP contribution in [0, 0.1) is 0 Å². The monoisotopic (exact) mass is 397 g/mol. The van der Waals surface area contributed by atoms with Crippen molar-refractivity contribution in [2.75, 3.05) is 10.9 Å². The lowest BCUT2D eigenvalue weighted by Crippen LogP contribution is -2.47. The molecule has 0 fully saturated rings. The molecule has 0 heterocycles. The van der Waals surface area contributed by atoms with Gasteiger partial charge in [0.05, 0.1) is 16.3 Å². The standard InChI is InChI=1S/C18H14N4O5S/c23-16-11-10-15(18(24)17(16)22-20-12-4-2-1-3-5-12)21-19-13-6-8-14(9-7-13)28(25,26)27/h1-11,19-20H,(H,25,26,27)/p-1/b21-15+,22-17+. The van der Waals surface area contributed by atoms with Gasteiger partial charge in [-0.15, -0.1) is 0 Å². The maximum atomic E-state index is 12.4. The SMILES string of the molecule is O=c1cc/c(=N\Nc2ccc(S(=O)(=O)[O-])cc2)c(=O)/c1=N/Nc1ccccc1. The molecule has 10 heteroatoms. The summed E-state index contributed by atoms with van der Waals surface area (Å²) in [4.78, 5) is 24.0. The van der Waals surface area contributed by atoms with E-state index in [0.29, 0.717) is 11.4 Å². The van der Waals surface area contributed by atoms with Crippen molar-refractivity contribution in [2.45, 2.75) is 4.90 Å². The Morgan fingerprint density at radius 2 is 1.36 bits per heavy atom. The summed E-state index contributed by atoms with van der Waals surface area (Å²) in [5, 5.41) is 7.39. The van der Waals surface area contributed by atoms with E-state index in [-0.39, 0.29) is 15.6 Å². The van der Waals surface area contributed by atoms with Crippen LogP contribution in [0.25, 0.3) is 0 Å². The Hall–Kier alpha value is -3.63. The van der Waals surface area contributed by atoms with Gasteiger partial charge in [-0.25, -0.2) is 8.42 Å². The van der Waals surface area contributed by atoms with Crippen molar-refractivity contribution in [3.05, 3.63) is 97.9 Å². The third kappa shape index (κ3) is 4.55. The highest BCUT2D eigenvalue weighted by molar-refractivity contribution is 7.85. The van der Waals surface area contributed by atoms with Crippen LogP contribution < -0.4 is 32.4 Å². The van der Waals surface area contributed by atoms with Crippen LogP contribution in [-0.2, 0) is 10.1 Å². The summed E-state index contributed by atoms with van der Waals surface area (Å²) in [6, 6.07) is 16.1. The number of rotatable bonds is 5. The molecule has 0 aliphatic rings. The average Bonchev–Trinajstić information content (AvgIpc) is 2.68. The lowest BCUT2D eigenvalue weighted by Gasteiger charge is -2.07. The van der Waals surface area contributed by atoms with Crippen LogP contribution in [0.4, 0.5) is 11.4 Å². The van der Waals surface area contributed by atoms with Gasteiger partial charge in [0, 0.05) is 0 Å². The molecule has 2 N–H and O–H groups in total. The van der Waals surface area contributed by atoms with Gasteiger partial charge in [0.2, 0.25) is 10.9 Å². The van der Waals surface area contributed by atoms with E-state index in [9.17, 15) is 22.6 Å². The molecule has 3 aromatic carbocycles. The van der Waals surface area contributed by atoms with Crippen LogP contribution in [0.2, 0.25) is 0 Å². The molecule has 0 saturated heterocycles. The van der Waals surface area contributed by atoms with E-state index in [4.69, 9.17) is 0 Å². The first kappa shape index (κ1) is 19.1. The molecule has 0 aliphatic heterocycles. The highest BCUT2D eigenvalue weighted by Crippen LogP contribution is 2.13. The van der Waals surface area contributed by atoms with E-state index in [0.717, 1.165) is 12.1 Å². The first-order valence-electron chi connectivity index (χ1n) is 7.90. The lowest BCUT2D eigenvalue weighted by molar-refractivity contribution is 0.463. The predicted octanol–water partition coefficient (Wildman–Crippen LogP) is 0.0423. The highest BCUT2D eigenvalue weighted by atomic mass is 32.2. The minimum Gasteiger partial charge on any atom is -0.744 e. The summed E-state index contributed by atoms with van der Waals surface area (Å²) >= 11 is 0. The number of para-hydroxylation sites is 1. The molecule has 28 heavy (non-hydrogen) atoms. The summed E-state index contributed by atoms with van der Waals surface area (Å²) in [5.41, 5.74) is 4.92. The fourth-order valence-electron chi connectivity index (χ4n) is 2.19. The Bertz CT molecular complexity index is 1310. The topological polar surface area (TPSA) is 140 Å². The number of hydrogen-bond donors (Lipinski definition) is 2. The van der Waals surface area contributed by atoms with Gasteiger partial charge in [-0.05, 0) is 48.5 Å². The van der Waals surface area contributed by atoms with Crippen LogP contribution in [0.5, 0.6) is 0 Å². The number of anilines is 2. The number of hydrogen-bond acceptors (Lipinski definition) is 9. The van der Waals surface area contributed by atoms with Crippen molar-refractivity contribution < 1.29 is 13.0 Å². The van der Waals surface area contributed by atoms with Crippen molar-refractivity contribution in [3.8, 4) is 0 Å². The second-order valence-electron chi connectivity index (χ2n) is 5.55. The molecule has 0 aromatic heterocycles. The van der Waals surface area contributed by atoms with Crippen molar-refractivity contribution in [1.82, 2.24) is 0 Å². The van der Waals surface area contributed by atoms with Gasteiger partial charge in [-0.1, -0.05) is 18.2 Å². The molecule has 0 bridgehead atoms. The number of nitrogens with zero attached hydrogens (tertiary/aromatic N) is 2. The van der Waals surface area contributed by atoms with Gasteiger partial charge in [-0.3, -0.25) is 20.4 Å². The molecule has 0 atom stereocenters. The fourth-order valence-corrected chi connectivity index (χ4v) is 2.66. The van der Waals surface area contributed by atoms with Crippen LogP contribution in [0.3, 0.4) is 0 Å². The van der Waals surface area contributed by atoms with Crippen molar-refractivity contribution in [1.29, 1.82) is 0 Å². The van der Waals surface area contributed by atoms with E-state index in [1.54, 1.807) is 24.3 Å². The van der Waals surface area contributed by atoms with Crippen molar-refractivity contribution in [2.24, 2.45) is 10.2 Å². The summed E-state index contributed by atoms with van der Waals surface area (Å²) in [7, 11) is -4.55. The minimum absolute atomic E-state index is 0.0614. The minimum atomic E-state index is -4.55. The Labute approximate surface area is 158 Å². The van der Waals surface area contributed by atoms with Crippen LogP contribution >= 0.6 is 0 Å². The summed E-state index contributed by atoms with van der Waals surface area (Å²) in [6.45, 7) is 0. The first-order chi connectivity index (χ1) is 13.3. The molecule has 3 aromatic rings. The van der Waals surface area contributed by atoms with Gasteiger partial charge < -0.3 is 4.55 Å². The van der Waals surface area contributed by atoms with Crippen LogP contribution in [-0.4, -0.2) is 13.0 Å². The van der Waals surface area contributed by atoms with Crippen molar-refractivity contribution in [3.63, 3.8) is 0 Å². The van der Waals surface area contributed by atoms with E-state index in [1.165, 1.54) is 24.3 Å². The Morgan fingerprint density at radius 1 is 0.750 bits per heavy atom. The van der Waals surface area contributed by atoms with Crippen molar-refractivity contribution >= 4 is 21.5 Å². The van der Waals surface area contributed by atoms with Gasteiger partial charge in [0.1, 0.15) is 15.5 Å². The first-order valence-corrected chi connectivity index (χ1v) is 9.31. The normalized spacial score (nSPS) is 12.8. The van der Waals surface area contributed by atoms with Gasteiger partial charge in [-0.2, -0.15) is 10.2 Å². The molecule has 0 amide bonds. The molecule has 0 radical (unpaired) electrons. The molecular formula is C18H13N4O5S-. The maximum absolute atomic E-state index is 12.4. The van der Waals surface area contributed by atoms with Crippen LogP contribution in [0.15, 0.2) is 91.4 Å². The third-order valence-corrected chi connectivity index (χ3v) is 4.44. The molecule has 0 aliphatic carbocycles. The Kier molecular flexibility index (Phi) is 5.43. The van der Waals surface area contributed by atoms with Crippen LogP contribution in [0.1, 0.15) is 0 Å². The highest BCUT2D eigenvalue weighted by Gasteiger charge is 2.02. The van der Waals surface area contributed by atoms with E-state index >= 15 is 0 Å². The fraction of sp³-hybridized carbons (Fsp3) is 0. The largest absolute Gasteiger partial charge is 0.744 e. The molecule has 3 rings (SSSR count). The number of nitrogens with one attached hydrogen (secondary N) is 2. The van der Waals surface area contributed by atoms with Gasteiger partial charge >= 0.3 is 0 Å². The van der Waals surface area contributed by atoms with Gasteiger partial charge in [0.15, 0.2) is 5.36 Å². The quantitative estimate of drug-likeness (QED) is 0.458. The lowest BCUT2D eigenvalue weighted by atomic mass is 10.3. The zero-order valence-corrected chi connectivity index (χ0v) is 15.0. The molecular weight excluding hydrogens is 384 g/mol. The molecule has 0 saturated carbocycles. The van der Waals surface area contributed by atoms with E-state index in [2.05, 4.69) is 21.1 Å².